The normalized spacial score (nSPS) is 11.4. The number of rotatable bonds is 9. The molecule has 0 atom stereocenters. The van der Waals surface area contributed by atoms with Crippen LogP contribution in [0.2, 0.25) is 0 Å². The summed E-state index contributed by atoms with van der Waals surface area (Å²) in [6, 6.07) is 20.8. The molecule has 0 aromatic heterocycles. The third-order valence-electron chi connectivity index (χ3n) is 4.71. The van der Waals surface area contributed by atoms with Gasteiger partial charge in [-0.05, 0) is 47.0 Å². The Hall–Kier alpha value is -2.90. The maximum atomic E-state index is 12.3. The highest BCUT2D eigenvalue weighted by atomic mass is 32.2. The Bertz CT molecular complexity index is 1130. The number of nitrogens with zero attached hydrogens (tertiary/aromatic N) is 1. The molecule has 3 aromatic rings. The van der Waals surface area contributed by atoms with E-state index in [0.717, 1.165) is 16.3 Å². The molecule has 0 saturated heterocycles. The number of amides is 1. The molecule has 0 unspecified atom stereocenters. The second-order valence-corrected chi connectivity index (χ2v) is 9.06. The smallest absolute Gasteiger partial charge is 0.232 e. The van der Waals surface area contributed by atoms with Crippen LogP contribution in [0.1, 0.15) is 18.4 Å². The number of carbonyl (C=O) groups excluding carboxylic acids is 1. The van der Waals surface area contributed by atoms with Crippen molar-refractivity contribution in [1.82, 2.24) is 0 Å². The third-order valence-corrected chi connectivity index (χ3v) is 5.90. The van der Waals surface area contributed by atoms with Crippen molar-refractivity contribution in [2.45, 2.75) is 19.4 Å². The Morgan fingerprint density at radius 3 is 2.50 bits per heavy atom. The molecule has 0 bridgehead atoms. The number of sulfonamides is 1. The molecule has 6 nitrogen and oxygen atoms in total. The number of fused-ring (bicyclic) bond motifs is 1. The van der Waals surface area contributed by atoms with Crippen molar-refractivity contribution in [2.24, 2.45) is 0 Å². The summed E-state index contributed by atoms with van der Waals surface area (Å²) in [5, 5.41) is 4.87. The summed E-state index contributed by atoms with van der Waals surface area (Å²) in [6.45, 7) is 0.701. The van der Waals surface area contributed by atoms with Crippen LogP contribution in [-0.2, 0) is 26.2 Å². The number of methoxy groups -OCH3 is 1. The maximum absolute atomic E-state index is 12.3. The van der Waals surface area contributed by atoms with E-state index < -0.39 is 10.0 Å². The average molecular weight is 427 g/mol. The summed E-state index contributed by atoms with van der Waals surface area (Å²) >= 11 is 0. The van der Waals surface area contributed by atoms with E-state index in [0.29, 0.717) is 24.4 Å². The molecule has 1 amide bonds. The van der Waals surface area contributed by atoms with Gasteiger partial charge in [0.05, 0.1) is 18.6 Å². The summed E-state index contributed by atoms with van der Waals surface area (Å²) in [5.74, 6) is -0.156. The molecule has 0 fully saturated rings. The van der Waals surface area contributed by atoms with Gasteiger partial charge in [0.1, 0.15) is 0 Å². The molecule has 1 N–H and O–H groups in total. The van der Waals surface area contributed by atoms with Gasteiger partial charge in [-0.25, -0.2) is 8.42 Å². The van der Waals surface area contributed by atoms with Crippen molar-refractivity contribution in [1.29, 1.82) is 0 Å². The maximum Gasteiger partial charge on any atom is 0.232 e. The monoisotopic (exact) mass is 426 g/mol. The summed E-state index contributed by atoms with van der Waals surface area (Å²) in [5.41, 5.74) is 2.27. The molecular weight excluding hydrogens is 400 g/mol. The Labute approximate surface area is 177 Å². The zero-order valence-electron chi connectivity index (χ0n) is 17.2. The fourth-order valence-corrected chi connectivity index (χ4v) is 4.29. The highest BCUT2D eigenvalue weighted by molar-refractivity contribution is 7.92. The second-order valence-electron chi connectivity index (χ2n) is 7.15. The van der Waals surface area contributed by atoms with Gasteiger partial charge in [-0.1, -0.05) is 42.5 Å². The van der Waals surface area contributed by atoms with Crippen LogP contribution < -0.4 is 9.62 Å². The number of benzene rings is 3. The van der Waals surface area contributed by atoms with E-state index in [-0.39, 0.29) is 18.9 Å². The van der Waals surface area contributed by atoms with Crippen LogP contribution in [0.15, 0.2) is 66.7 Å². The number of hydrogen-bond donors (Lipinski definition) is 1. The zero-order chi connectivity index (χ0) is 21.6. The minimum absolute atomic E-state index is 0.156. The molecule has 0 aliphatic carbocycles. The van der Waals surface area contributed by atoms with Gasteiger partial charge < -0.3 is 10.1 Å². The van der Waals surface area contributed by atoms with Crippen molar-refractivity contribution in [2.75, 3.05) is 29.5 Å². The Morgan fingerprint density at radius 2 is 1.77 bits per heavy atom. The van der Waals surface area contributed by atoms with Crippen molar-refractivity contribution < 1.29 is 17.9 Å². The standard InChI is InChI=1S/C23H26N2O4S/c1-29-17-18-7-5-10-21(15-18)24-23(26)11-6-14-25(30(2,27)28)22-13-12-19-8-3-4-9-20(19)16-22/h3-5,7-10,12-13,15-16H,6,11,14,17H2,1-2H3,(H,24,26). The Balaban J connectivity index is 1.63. The van der Waals surface area contributed by atoms with Crippen molar-refractivity contribution in [3.8, 4) is 0 Å². The first kappa shape index (κ1) is 21.8. The fourth-order valence-electron chi connectivity index (χ4n) is 3.33. The van der Waals surface area contributed by atoms with Crippen molar-refractivity contribution in [3.63, 3.8) is 0 Å². The molecule has 0 aliphatic rings. The predicted octanol–water partition coefficient (Wildman–Crippen LogP) is 4.17. The van der Waals surface area contributed by atoms with E-state index in [1.165, 1.54) is 10.6 Å². The lowest BCUT2D eigenvalue weighted by Crippen LogP contribution is -2.31. The van der Waals surface area contributed by atoms with Gasteiger partial charge in [0.25, 0.3) is 0 Å². The second kappa shape index (κ2) is 9.73. The van der Waals surface area contributed by atoms with E-state index in [9.17, 15) is 13.2 Å². The van der Waals surface area contributed by atoms with Crippen molar-refractivity contribution in [3.05, 3.63) is 72.3 Å². The molecule has 0 spiro atoms. The van der Waals surface area contributed by atoms with Gasteiger partial charge in [0, 0.05) is 25.8 Å². The first-order valence-electron chi connectivity index (χ1n) is 9.71. The van der Waals surface area contributed by atoms with Crippen LogP contribution in [-0.4, -0.2) is 34.2 Å². The highest BCUT2D eigenvalue weighted by Gasteiger charge is 2.18. The summed E-state index contributed by atoms with van der Waals surface area (Å²) < 4.78 is 31.2. The van der Waals surface area contributed by atoms with Gasteiger partial charge in [-0.2, -0.15) is 0 Å². The number of carbonyl (C=O) groups is 1. The molecule has 0 radical (unpaired) electrons. The SMILES string of the molecule is COCc1cccc(NC(=O)CCCN(c2ccc3ccccc3c2)S(C)(=O)=O)c1. The van der Waals surface area contributed by atoms with Gasteiger partial charge in [0.2, 0.25) is 15.9 Å². The predicted molar refractivity (Wildman–Crippen MR) is 121 cm³/mol. The first-order chi connectivity index (χ1) is 14.4. The van der Waals surface area contributed by atoms with E-state index in [4.69, 9.17) is 4.74 Å². The molecule has 0 aliphatic heterocycles. The van der Waals surface area contributed by atoms with E-state index >= 15 is 0 Å². The molecule has 158 valence electrons. The van der Waals surface area contributed by atoms with Crippen LogP contribution in [0.3, 0.4) is 0 Å². The summed E-state index contributed by atoms with van der Waals surface area (Å²) in [7, 11) is -1.85. The van der Waals surface area contributed by atoms with Crippen LogP contribution in [0.25, 0.3) is 10.8 Å². The molecule has 0 saturated carbocycles. The highest BCUT2D eigenvalue weighted by Crippen LogP contribution is 2.24. The zero-order valence-corrected chi connectivity index (χ0v) is 18.0. The quantitative estimate of drug-likeness (QED) is 0.557. The van der Waals surface area contributed by atoms with Gasteiger partial charge in [0.15, 0.2) is 0 Å². The largest absolute Gasteiger partial charge is 0.380 e. The minimum atomic E-state index is -3.47. The van der Waals surface area contributed by atoms with Gasteiger partial charge in [-0.15, -0.1) is 0 Å². The van der Waals surface area contributed by atoms with Gasteiger partial charge in [-0.3, -0.25) is 9.10 Å². The van der Waals surface area contributed by atoms with E-state index in [1.54, 1.807) is 13.2 Å². The summed E-state index contributed by atoms with van der Waals surface area (Å²) in [4.78, 5) is 12.3. The van der Waals surface area contributed by atoms with E-state index in [1.807, 2.05) is 60.7 Å². The number of anilines is 2. The Kier molecular flexibility index (Phi) is 7.07. The molecule has 30 heavy (non-hydrogen) atoms. The minimum Gasteiger partial charge on any atom is -0.380 e. The molecule has 7 heteroatoms. The number of nitrogens with one attached hydrogen (secondary N) is 1. The van der Waals surface area contributed by atoms with Crippen LogP contribution >= 0.6 is 0 Å². The molecule has 0 heterocycles. The molecule has 3 rings (SSSR count). The number of hydrogen-bond acceptors (Lipinski definition) is 4. The summed E-state index contributed by atoms with van der Waals surface area (Å²) in [6.07, 6.45) is 1.81. The van der Waals surface area contributed by atoms with Crippen LogP contribution in [0.5, 0.6) is 0 Å². The van der Waals surface area contributed by atoms with Crippen LogP contribution in [0.4, 0.5) is 11.4 Å². The van der Waals surface area contributed by atoms with Gasteiger partial charge >= 0.3 is 0 Å². The third kappa shape index (κ3) is 5.81. The molecule has 3 aromatic carbocycles. The molecular formula is C23H26N2O4S. The number of ether oxygens (including phenoxy) is 1. The average Bonchev–Trinajstić information content (AvgIpc) is 2.70. The Morgan fingerprint density at radius 1 is 1.00 bits per heavy atom. The lowest BCUT2D eigenvalue weighted by molar-refractivity contribution is -0.116. The lowest BCUT2D eigenvalue weighted by atomic mass is 10.1. The topological polar surface area (TPSA) is 75.7 Å². The van der Waals surface area contributed by atoms with Crippen LogP contribution in [0, 0.1) is 0 Å². The van der Waals surface area contributed by atoms with Crippen molar-refractivity contribution >= 4 is 38.1 Å². The first-order valence-corrected chi connectivity index (χ1v) is 11.6. The lowest BCUT2D eigenvalue weighted by Gasteiger charge is -2.22. The fraction of sp³-hybridized carbons (Fsp3) is 0.261. The van der Waals surface area contributed by atoms with E-state index in [2.05, 4.69) is 5.32 Å².